The highest BCUT2D eigenvalue weighted by Gasteiger charge is 2.31. The predicted octanol–water partition coefficient (Wildman–Crippen LogP) is 1.49. The number of nitrogens with one attached hydrogen (secondary N) is 1. The SMILES string of the molecule is COC(=O)c1cc(C2CC(C(=O)O)CN2)cc(F)c1F. The average Bonchev–Trinajstić information content (AvgIpc) is 2.90. The highest BCUT2D eigenvalue weighted by atomic mass is 19.2. The Morgan fingerprint density at radius 1 is 1.40 bits per heavy atom. The third-order valence-corrected chi connectivity index (χ3v) is 3.34. The van der Waals surface area contributed by atoms with Gasteiger partial charge in [0.2, 0.25) is 0 Å². The minimum absolute atomic E-state index is 0.243. The van der Waals surface area contributed by atoms with E-state index < -0.39 is 41.1 Å². The molecule has 5 nitrogen and oxygen atoms in total. The van der Waals surface area contributed by atoms with E-state index in [4.69, 9.17) is 5.11 Å². The van der Waals surface area contributed by atoms with Gasteiger partial charge >= 0.3 is 11.9 Å². The van der Waals surface area contributed by atoms with Crippen LogP contribution < -0.4 is 5.32 Å². The van der Waals surface area contributed by atoms with Gasteiger partial charge in [-0.25, -0.2) is 13.6 Å². The van der Waals surface area contributed by atoms with E-state index in [2.05, 4.69) is 10.1 Å². The van der Waals surface area contributed by atoms with Crippen molar-refractivity contribution >= 4 is 11.9 Å². The molecule has 20 heavy (non-hydrogen) atoms. The van der Waals surface area contributed by atoms with Crippen LogP contribution >= 0.6 is 0 Å². The van der Waals surface area contributed by atoms with E-state index in [0.29, 0.717) is 5.56 Å². The molecule has 1 aromatic rings. The summed E-state index contributed by atoms with van der Waals surface area (Å²) in [6, 6.07) is 1.71. The Kier molecular flexibility index (Phi) is 3.99. The number of halogens is 2. The second kappa shape index (κ2) is 5.54. The summed E-state index contributed by atoms with van der Waals surface area (Å²) >= 11 is 0. The Bertz CT molecular complexity index is 562. The van der Waals surface area contributed by atoms with Gasteiger partial charge in [-0.1, -0.05) is 0 Å². The van der Waals surface area contributed by atoms with Crippen molar-refractivity contribution in [3.63, 3.8) is 0 Å². The summed E-state index contributed by atoms with van der Waals surface area (Å²) in [5.74, 6) is -4.95. The third kappa shape index (κ3) is 2.62. The fourth-order valence-electron chi connectivity index (χ4n) is 2.25. The van der Waals surface area contributed by atoms with Gasteiger partial charge in [-0.3, -0.25) is 4.79 Å². The van der Waals surface area contributed by atoms with Gasteiger partial charge in [0.05, 0.1) is 18.6 Å². The second-order valence-corrected chi connectivity index (χ2v) is 4.59. The van der Waals surface area contributed by atoms with Gasteiger partial charge in [-0.15, -0.1) is 0 Å². The molecular weight excluding hydrogens is 272 g/mol. The number of carbonyl (C=O) groups excluding carboxylic acids is 1. The van der Waals surface area contributed by atoms with Gasteiger partial charge in [-0.05, 0) is 24.1 Å². The molecule has 0 amide bonds. The molecule has 1 heterocycles. The molecule has 1 fully saturated rings. The van der Waals surface area contributed by atoms with E-state index >= 15 is 0 Å². The molecule has 1 aromatic carbocycles. The Balaban J connectivity index is 2.32. The number of methoxy groups -OCH3 is 1. The summed E-state index contributed by atoms with van der Waals surface area (Å²) in [4.78, 5) is 22.3. The summed E-state index contributed by atoms with van der Waals surface area (Å²) in [6.07, 6.45) is 0.251. The molecule has 1 aliphatic rings. The van der Waals surface area contributed by atoms with Crippen molar-refractivity contribution in [2.24, 2.45) is 5.92 Å². The fraction of sp³-hybridized carbons (Fsp3) is 0.385. The standard InChI is InChI=1S/C13H13F2NO4/c1-20-13(19)8-2-6(3-9(14)11(8)15)10-4-7(5-16-10)12(17)18/h2-3,7,10,16H,4-5H2,1H3,(H,17,18). The first-order chi connectivity index (χ1) is 9.43. The van der Waals surface area contributed by atoms with E-state index in [1.165, 1.54) is 6.07 Å². The highest BCUT2D eigenvalue weighted by Crippen LogP contribution is 2.29. The van der Waals surface area contributed by atoms with Crippen LogP contribution in [-0.2, 0) is 9.53 Å². The maximum atomic E-state index is 13.5. The molecule has 2 rings (SSSR count). The van der Waals surface area contributed by atoms with Gasteiger partial charge in [0.25, 0.3) is 0 Å². The first-order valence-electron chi connectivity index (χ1n) is 5.97. The van der Waals surface area contributed by atoms with E-state index in [1.807, 2.05) is 0 Å². The van der Waals surface area contributed by atoms with Crippen LogP contribution in [0.5, 0.6) is 0 Å². The topological polar surface area (TPSA) is 75.6 Å². The maximum absolute atomic E-state index is 13.5. The molecule has 108 valence electrons. The van der Waals surface area contributed by atoms with Crippen LogP contribution in [0.2, 0.25) is 0 Å². The van der Waals surface area contributed by atoms with Crippen molar-refractivity contribution in [3.8, 4) is 0 Å². The third-order valence-electron chi connectivity index (χ3n) is 3.34. The van der Waals surface area contributed by atoms with Crippen molar-refractivity contribution < 1.29 is 28.2 Å². The normalized spacial score (nSPS) is 21.8. The molecule has 1 saturated heterocycles. The van der Waals surface area contributed by atoms with Crippen molar-refractivity contribution in [1.29, 1.82) is 0 Å². The number of aliphatic carboxylic acids is 1. The molecule has 0 saturated carbocycles. The number of ether oxygens (including phenoxy) is 1. The Labute approximate surface area is 113 Å². The average molecular weight is 285 g/mol. The molecule has 1 aliphatic heterocycles. The van der Waals surface area contributed by atoms with E-state index in [9.17, 15) is 18.4 Å². The summed E-state index contributed by atoms with van der Waals surface area (Å²) < 4.78 is 31.4. The van der Waals surface area contributed by atoms with Gasteiger partial charge in [0.15, 0.2) is 11.6 Å². The highest BCUT2D eigenvalue weighted by molar-refractivity contribution is 5.89. The van der Waals surface area contributed by atoms with Crippen LogP contribution in [0.15, 0.2) is 12.1 Å². The summed E-state index contributed by atoms with van der Waals surface area (Å²) in [5, 5.41) is 11.8. The smallest absolute Gasteiger partial charge is 0.340 e. The lowest BCUT2D eigenvalue weighted by Crippen LogP contribution is -2.18. The molecular formula is C13H13F2NO4. The minimum atomic E-state index is -1.27. The molecule has 7 heteroatoms. The zero-order chi connectivity index (χ0) is 14.9. The van der Waals surface area contributed by atoms with Crippen LogP contribution in [0.4, 0.5) is 8.78 Å². The van der Waals surface area contributed by atoms with Crippen molar-refractivity contribution in [3.05, 3.63) is 34.9 Å². The van der Waals surface area contributed by atoms with Crippen LogP contribution in [0.3, 0.4) is 0 Å². The Morgan fingerprint density at radius 3 is 2.65 bits per heavy atom. The summed E-state index contributed by atoms with van der Waals surface area (Å²) in [7, 11) is 1.07. The molecule has 0 aliphatic carbocycles. The van der Waals surface area contributed by atoms with Crippen LogP contribution in [0.25, 0.3) is 0 Å². The molecule has 2 atom stereocenters. The molecule has 0 aromatic heterocycles. The van der Waals surface area contributed by atoms with Gasteiger partial charge in [0.1, 0.15) is 0 Å². The van der Waals surface area contributed by atoms with Crippen molar-refractivity contribution in [2.75, 3.05) is 13.7 Å². The Morgan fingerprint density at radius 2 is 2.10 bits per heavy atom. The summed E-state index contributed by atoms with van der Waals surface area (Å²) in [6.45, 7) is 0.243. The quantitative estimate of drug-likeness (QED) is 0.823. The van der Waals surface area contributed by atoms with E-state index in [1.54, 1.807) is 0 Å². The zero-order valence-electron chi connectivity index (χ0n) is 10.7. The van der Waals surface area contributed by atoms with E-state index in [-0.39, 0.29) is 13.0 Å². The molecule has 0 spiro atoms. The lowest BCUT2D eigenvalue weighted by Gasteiger charge is -2.13. The molecule has 2 unspecified atom stereocenters. The zero-order valence-corrected chi connectivity index (χ0v) is 10.7. The summed E-state index contributed by atoms with van der Waals surface area (Å²) in [5.41, 5.74) is -0.170. The number of hydrogen-bond acceptors (Lipinski definition) is 4. The fourth-order valence-corrected chi connectivity index (χ4v) is 2.25. The lowest BCUT2D eigenvalue weighted by atomic mass is 9.98. The predicted molar refractivity (Wildman–Crippen MR) is 64.2 cm³/mol. The van der Waals surface area contributed by atoms with Gasteiger partial charge < -0.3 is 15.2 Å². The van der Waals surface area contributed by atoms with Crippen LogP contribution in [0, 0.1) is 17.6 Å². The number of rotatable bonds is 3. The number of carboxylic acids is 1. The first kappa shape index (κ1) is 14.4. The number of carboxylic acid groups (broad SMARTS) is 1. The second-order valence-electron chi connectivity index (χ2n) is 4.59. The van der Waals surface area contributed by atoms with Crippen molar-refractivity contribution in [2.45, 2.75) is 12.5 Å². The lowest BCUT2D eigenvalue weighted by molar-refractivity contribution is -0.141. The van der Waals surface area contributed by atoms with Gasteiger partial charge in [0, 0.05) is 12.6 Å². The number of benzene rings is 1. The number of hydrogen-bond donors (Lipinski definition) is 2. The Hall–Kier alpha value is -2.02. The van der Waals surface area contributed by atoms with Crippen LogP contribution in [-0.4, -0.2) is 30.7 Å². The largest absolute Gasteiger partial charge is 0.481 e. The molecule has 0 bridgehead atoms. The van der Waals surface area contributed by atoms with Crippen molar-refractivity contribution in [1.82, 2.24) is 5.32 Å². The number of carbonyl (C=O) groups is 2. The van der Waals surface area contributed by atoms with Gasteiger partial charge in [-0.2, -0.15) is 0 Å². The van der Waals surface area contributed by atoms with Crippen LogP contribution in [0.1, 0.15) is 28.4 Å². The number of esters is 1. The molecule has 0 radical (unpaired) electrons. The first-order valence-corrected chi connectivity index (χ1v) is 5.97. The minimum Gasteiger partial charge on any atom is -0.481 e. The molecule has 2 N–H and O–H groups in total. The van der Waals surface area contributed by atoms with E-state index in [0.717, 1.165) is 13.2 Å². The maximum Gasteiger partial charge on any atom is 0.340 e. The monoisotopic (exact) mass is 285 g/mol.